The Hall–Kier alpha value is -4.24. The number of nitrogens with one attached hydrogen (secondary N) is 2. The summed E-state index contributed by atoms with van der Waals surface area (Å²) in [5, 5.41) is 6.00. The van der Waals surface area contributed by atoms with Crippen LogP contribution in [0.25, 0.3) is 0 Å². The molecule has 0 spiro atoms. The maximum atomic E-state index is 13.9. The zero-order valence-electron chi connectivity index (χ0n) is 20.8. The third kappa shape index (κ3) is 4.77. The highest BCUT2D eigenvalue weighted by molar-refractivity contribution is 6.31. The molecule has 0 bridgehead atoms. The van der Waals surface area contributed by atoms with Gasteiger partial charge in [-0.25, -0.2) is 4.79 Å². The first kappa shape index (κ1) is 25.8. The molecule has 3 aromatic carbocycles. The standard InChI is InChI=1S/C27H26ClN3O6/c1-16-13-22(23(37-4)14-21(16)28)29-24(32)15-31-25(33)27(30-26(31)34,17-5-9-19(35-2)10-6-17)18-7-11-20(36-3)12-8-18/h5-14H,15H2,1-4H3,(H,29,32)(H,30,34). The molecule has 1 aliphatic rings. The van der Waals surface area contributed by atoms with Crippen LogP contribution in [0.5, 0.6) is 17.2 Å². The number of ether oxygens (including phenoxy) is 3. The van der Waals surface area contributed by atoms with Crippen molar-refractivity contribution in [2.45, 2.75) is 12.5 Å². The van der Waals surface area contributed by atoms with Crippen molar-refractivity contribution in [1.82, 2.24) is 10.2 Å². The SMILES string of the molecule is COc1ccc(C2(c3ccc(OC)cc3)NC(=O)N(CC(=O)Nc3cc(C)c(Cl)cc3OC)C2=O)cc1. The number of hydrogen-bond donors (Lipinski definition) is 2. The van der Waals surface area contributed by atoms with Gasteiger partial charge in [0.05, 0.1) is 27.0 Å². The zero-order chi connectivity index (χ0) is 26.7. The number of anilines is 1. The quantitative estimate of drug-likeness (QED) is 0.430. The molecule has 9 nitrogen and oxygen atoms in total. The van der Waals surface area contributed by atoms with Gasteiger partial charge in [0.2, 0.25) is 5.91 Å². The Labute approximate surface area is 219 Å². The van der Waals surface area contributed by atoms with E-state index in [0.29, 0.717) is 39.1 Å². The highest BCUT2D eigenvalue weighted by Crippen LogP contribution is 2.38. The maximum absolute atomic E-state index is 13.9. The van der Waals surface area contributed by atoms with Crippen LogP contribution in [0.1, 0.15) is 16.7 Å². The van der Waals surface area contributed by atoms with Gasteiger partial charge in [0.15, 0.2) is 5.54 Å². The number of benzene rings is 3. The molecule has 0 atom stereocenters. The molecular weight excluding hydrogens is 498 g/mol. The number of methoxy groups -OCH3 is 3. The molecule has 10 heteroatoms. The molecule has 3 aromatic rings. The van der Waals surface area contributed by atoms with E-state index in [4.69, 9.17) is 25.8 Å². The Morgan fingerprint density at radius 2 is 1.46 bits per heavy atom. The molecule has 1 aliphatic heterocycles. The van der Waals surface area contributed by atoms with Crippen molar-refractivity contribution in [3.05, 3.63) is 82.4 Å². The Morgan fingerprint density at radius 1 is 0.919 bits per heavy atom. The molecule has 192 valence electrons. The highest BCUT2D eigenvalue weighted by Gasteiger charge is 2.54. The van der Waals surface area contributed by atoms with Crippen LogP contribution in [0.3, 0.4) is 0 Å². The van der Waals surface area contributed by atoms with Gasteiger partial charge >= 0.3 is 6.03 Å². The Morgan fingerprint density at radius 3 is 1.95 bits per heavy atom. The number of carbonyl (C=O) groups excluding carboxylic acids is 3. The van der Waals surface area contributed by atoms with Gasteiger partial charge in [-0.1, -0.05) is 35.9 Å². The summed E-state index contributed by atoms with van der Waals surface area (Å²) < 4.78 is 15.8. The summed E-state index contributed by atoms with van der Waals surface area (Å²) in [4.78, 5) is 40.9. The molecule has 1 heterocycles. The van der Waals surface area contributed by atoms with Crippen LogP contribution in [0.4, 0.5) is 10.5 Å². The van der Waals surface area contributed by atoms with Crippen LogP contribution < -0.4 is 24.8 Å². The predicted molar refractivity (Wildman–Crippen MR) is 138 cm³/mol. The fourth-order valence-electron chi connectivity index (χ4n) is 4.22. The van der Waals surface area contributed by atoms with Crippen molar-refractivity contribution in [1.29, 1.82) is 0 Å². The summed E-state index contributed by atoms with van der Waals surface area (Å²) in [6, 6.07) is 16.1. The van der Waals surface area contributed by atoms with Crippen LogP contribution in [0.15, 0.2) is 60.7 Å². The minimum absolute atomic E-state index is 0.354. The van der Waals surface area contributed by atoms with Gasteiger partial charge in [0, 0.05) is 11.1 Å². The first-order valence-corrected chi connectivity index (χ1v) is 11.7. The van der Waals surface area contributed by atoms with Gasteiger partial charge in [-0.05, 0) is 53.9 Å². The Kier molecular flexibility index (Phi) is 7.26. The minimum atomic E-state index is -1.55. The predicted octanol–water partition coefficient (Wildman–Crippen LogP) is 4.11. The number of aryl methyl sites for hydroxylation is 1. The molecule has 37 heavy (non-hydrogen) atoms. The van der Waals surface area contributed by atoms with Gasteiger partial charge in [0.25, 0.3) is 5.91 Å². The van der Waals surface area contributed by atoms with Crippen LogP contribution in [-0.4, -0.2) is 50.6 Å². The molecular formula is C27H26ClN3O6. The fraction of sp³-hybridized carbons (Fsp3) is 0.222. The average Bonchev–Trinajstić information content (AvgIpc) is 3.16. The lowest BCUT2D eigenvalue weighted by molar-refractivity contribution is -0.133. The van der Waals surface area contributed by atoms with E-state index in [1.165, 1.54) is 21.3 Å². The van der Waals surface area contributed by atoms with Crippen molar-refractivity contribution in [3.8, 4) is 17.2 Å². The number of urea groups is 1. The van der Waals surface area contributed by atoms with E-state index in [0.717, 1.165) is 10.5 Å². The molecule has 0 unspecified atom stereocenters. The number of halogens is 1. The number of nitrogens with zero attached hydrogens (tertiary/aromatic N) is 1. The Bertz CT molecular complexity index is 1290. The van der Waals surface area contributed by atoms with Gasteiger partial charge in [0.1, 0.15) is 23.8 Å². The molecule has 4 rings (SSSR count). The van der Waals surface area contributed by atoms with Crippen molar-refractivity contribution in [3.63, 3.8) is 0 Å². The van der Waals surface area contributed by atoms with E-state index < -0.39 is 29.9 Å². The topological polar surface area (TPSA) is 106 Å². The van der Waals surface area contributed by atoms with Crippen molar-refractivity contribution in [2.24, 2.45) is 0 Å². The van der Waals surface area contributed by atoms with E-state index in [-0.39, 0.29) is 0 Å². The second kappa shape index (κ2) is 10.4. The largest absolute Gasteiger partial charge is 0.497 e. The summed E-state index contributed by atoms with van der Waals surface area (Å²) in [6.07, 6.45) is 0. The maximum Gasteiger partial charge on any atom is 0.326 e. The molecule has 2 N–H and O–H groups in total. The van der Waals surface area contributed by atoms with E-state index in [1.54, 1.807) is 67.6 Å². The van der Waals surface area contributed by atoms with Crippen LogP contribution in [0, 0.1) is 6.92 Å². The lowest BCUT2D eigenvalue weighted by Crippen LogP contribution is -2.45. The average molecular weight is 524 g/mol. The monoisotopic (exact) mass is 523 g/mol. The number of rotatable bonds is 8. The van der Waals surface area contributed by atoms with Gasteiger partial charge < -0.3 is 24.8 Å². The number of carbonyl (C=O) groups is 3. The first-order valence-electron chi connectivity index (χ1n) is 11.3. The second-order valence-corrected chi connectivity index (χ2v) is 8.79. The zero-order valence-corrected chi connectivity index (χ0v) is 21.5. The molecule has 4 amide bonds. The van der Waals surface area contributed by atoms with E-state index in [9.17, 15) is 14.4 Å². The van der Waals surface area contributed by atoms with Gasteiger partial charge in [-0.15, -0.1) is 0 Å². The molecule has 1 fully saturated rings. The van der Waals surface area contributed by atoms with Crippen molar-refractivity contribution < 1.29 is 28.6 Å². The normalized spacial score (nSPS) is 14.2. The highest BCUT2D eigenvalue weighted by atomic mass is 35.5. The van der Waals surface area contributed by atoms with Gasteiger partial charge in [-0.3, -0.25) is 14.5 Å². The Balaban J connectivity index is 1.67. The number of hydrogen-bond acceptors (Lipinski definition) is 6. The number of imide groups is 1. The second-order valence-electron chi connectivity index (χ2n) is 8.38. The lowest BCUT2D eigenvalue weighted by atomic mass is 9.82. The van der Waals surface area contributed by atoms with E-state index in [1.807, 2.05) is 0 Å². The third-order valence-corrected chi connectivity index (χ3v) is 6.62. The van der Waals surface area contributed by atoms with Gasteiger partial charge in [-0.2, -0.15) is 0 Å². The number of amides is 4. The van der Waals surface area contributed by atoms with Crippen LogP contribution in [0.2, 0.25) is 5.02 Å². The molecule has 1 saturated heterocycles. The van der Waals surface area contributed by atoms with Crippen molar-refractivity contribution in [2.75, 3.05) is 33.2 Å². The lowest BCUT2D eigenvalue weighted by Gasteiger charge is -2.28. The molecule has 0 aliphatic carbocycles. The molecule has 0 radical (unpaired) electrons. The van der Waals surface area contributed by atoms with Crippen LogP contribution >= 0.6 is 11.6 Å². The summed E-state index contributed by atoms with van der Waals surface area (Å²) >= 11 is 6.15. The summed E-state index contributed by atoms with van der Waals surface area (Å²) in [5.74, 6) is 0.362. The first-order chi connectivity index (χ1) is 17.7. The summed E-state index contributed by atoms with van der Waals surface area (Å²) in [5.41, 5.74) is 0.568. The summed E-state index contributed by atoms with van der Waals surface area (Å²) in [7, 11) is 4.52. The van der Waals surface area contributed by atoms with Crippen LogP contribution in [-0.2, 0) is 15.1 Å². The smallest absolute Gasteiger partial charge is 0.326 e. The minimum Gasteiger partial charge on any atom is -0.497 e. The summed E-state index contributed by atoms with van der Waals surface area (Å²) in [6.45, 7) is 1.27. The van der Waals surface area contributed by atoms with E-state index >= 15 is 0 Å². The molecule has 0 aromatic heterocycles. The van der Waals surface area contributed by atoms with Crippen molar-refractivity contribution >= 4 is 35.1 Å². The fourth-order valence-corrected chi connectivity index (χ4v) is 4.38. The van der Waals surface area contributed by atoms with E-state index in [2.05, 4.69) is 10.6 Å². The molecule has 0 saturated carbocycles. The third-order valence-electron chi connectivity index (χ3n) is 6.21.